The quantitative estimate of drug-likeness (QED) is 0.118. The van der Waals surface area contributed by atoms with Crippen molar-refractivity contribution in [2.24, 2.45) is 7.05 Å². The van der Waals surface area contributed by atoms with Crippen molar-refractivity contribution in [1.82, 2.24) is 19.3 Å². The van der Waals surface area contributed by atoms with Crippen LogP contribution in [0.5, 0.6) is 0 Å². The van der Waals surface area contributed by atoms with E-state index >= 15 is 8.78 Å². The summed E-state index contributed by atoms with van der Waals surface area (Å²) in [4.78, 5) is 30.8. The maximum atomic E-state index is 15.2. The van der Waals surface area contributed by atoms with Crippen molar-refractivity contribution in [2.75, 3.05) is 19.0 Å². The molecule has 1 amide bonds. The van der Waals surface area contributed by atoms with E-state index in [2.05, 4.69) is 28.6 Å². The Morgan fingerprint density at radius 1 is 1.08 bits per heavy atom. The van der Waals surface area contributed by atoms with Crippen molar-refractivity contribution in [3.8, 4) is 11.1 Å². The van der Waals surface area contributed by atoms with Crippen molar-refractivity contribution in [3.63, 3.8) is 0 Å². The van der Waals surface area contributed by atoms with Gasteiger partial charge >= 0.3 is 0 Å². The van der Waals surface area contributed by atoms with Gasteiger partial charge in [-0.25, -0.2) is 13.8 Å². The number of fused-ring (bicyclic) bond motifs is 2. The number of pyridine rings is 1. The maximum Gasteiger partial charge on any atom is 0.248 e. The molecule has 2 aromatic carbocycles. The minimum absolute atomic E-state index is 0.186. The Kier molecular flexibility index (Phi) is 9.78. The molecule has 0 spiro atoms. The molecule has 0 unspecified atom stereocenters. The van der Waals surface area contributed by atoms with Crippen LogP contribution in [0.1, 0.15) is 60.0 Å². The van der Waals surface area contributed by atoms with E-state index in [9.17, 15) is 9.59 Å². The number of methoxy groups -OCH3 is 1. The fourth-order valence-corrected chi connectivity index (χ4v) is 6.96. The van der Waals surface area contributed by atoms with Gasteiger partial charge in [0.2, 0.25) is 11.7 Å². The van der Waals surface area contributed by atoms with Gasteiger partial charge in [0.15, 0.2) is 0 Å². The molecule has 1 saturated carbocycles. The van der Waals surface area contributed by atoms with Crippen LogP contribution < -0.4 is 10.6 Å². The molecule has 11 heteroatoms. The lowest BCUT2D eigenvalue weighted by molar-refractivity contribution is -0.112. The number of benzene rings is 2. The Labute approximate surface area is 282 Å². The summed E-state index contributed by atoms with van der Waals surface area (Å²) in [5.41, 5.74) is 4.41. The third kappa shape index (κ3) is 6.40. The summed E-state index contributed by atoms with van der Waals surface area (Å²) in [5.74, 6) is -2.51. The zero-order valence-electron chi connectivity index (χ0n) is 27.4. The summed E-state index contributed by atoms with van der Waals surface area (Å²) in [6, 6.07) is 11.4. The number of hydrogen-bond donors (Lipinski definition) is 2. The molecular weight excluding hydrogens is 636 g/mol. The topological polar surface area (TPSA) is 89.7 Å². The monoisotopic (exact) mass is 673 g/mol. The number of carbonyl (C=O) groups excluding carboxylic acids is 2. The average Bonchev–Trinajstić information content (AvgIpc) is 3.65. The van der Waals surface area contributed by atoms with Gasteiger partial charge in [0.1, 0.15) is 28.7 Å². The van der Waals surface area contributed by atoms with Crippen molar-refractivity contribution in [2.45, 2.75) is 58.1 Å². The number of amides is 1. The number of nitrogens with one attached hydrogen (secondary N) is 2. The van der Waals surface area contributed by atoms with Gasteiger partial charge in [-0.3, -0.25) is 9.59 Å². The second kappa shape index (κ2) is 14.0. The van der Waals surface area contributed by atoms with Crippen LogP contribution in [0, 0.1) is 18.6 Å². The third-order valence-electron chi connectivity index (χ3n) is 9.35. The molecule has 1 fully saturated rings. The highest BCUT2D eigenvalue weighted by molar-refractivity contribution is 6.38. The molecule has 5 aromatic rings. The van der Waals surface area contributed by atoms with E-state index in [1.54, 1.807) is 42.0 Å². The fraction of sp³-hybridized carbons (Fsp3) is 0.324. The Morgan fingerprint density at radius 2 is 1.81 bits per heavy atom. The minimum Gasteiger partial charge on any atom is -0.381 e. The first kappa shape index (κ1) is 33.5. The first-order chi connectivity index (χ1) is 23.1. The summed E-state index contributed by atoms with van der Waals surface area (Å²) < 4.78 is 39.4. The molecule has 0 radical (unpaired) electrons. The number of ketones is 1. The number of aromatic nitrogens is 3. The first-order valence-electron chi connectivity index (χ1n) is 16.1. The predicted molar refractivity (Wildman–Crippen MR) is 185 cm³/mol. The number of imidazole rings is 1. The molecule has 48 heavy (non-hydrogen) atoms. The minimum atomic E-state index is -1.05. The number of rotatable bonds is 10. The summed E-state index contributed by atoms with van der Waals surface area (Å²) in [7, 11) is 3.67. The van der Waals surface area contributed by atoms with E-state index in [-0.39, 0.29) is 11.3 Å². The van der Waals surface area contributed by atoms with E-state index in [1.165, 1.54) is 6.08 Å². The molecule has 0 aliphatic heterocycles. The number of halogens is 3. The third-order valence-corrected chi connectivity index (χ3v) is 9.72. The average molecular weight is 674 g/mol. The zero-order valence-corrected chi connectivity index (χ0v) is 28.1. The lowest BCUT2D eigenvalue weighted by Gasteiger charge is -2.27. The smallest absolute Gasteiger partial charge is 0.248 e. The van der Waals surface area contributed by atoms with Gasteiger partial charge < -0.3 is 24.3 Å². The SMILES string of the molecule is CCc1cc2c(nc(C)n2C)c(Cl)c1-c1cccn2c(C(=O)c3cc(F)c(NC(=O)/C=C/CNC4CCC(OC)CC4)c(F)c3)ccc12. The molecule has 0 atom stereocenters. The van der Waals surface area contributed by atoms with Crippen molar-refractivity contribution < 1.29 is 23.1 Å². The van der Waals surface area contributed by atoms with Gasteiger partial charge in [-0.1, -0.05) is 30.7 Å². The Morgan fingerprint density at radius 3 is 2.50 bits per heavy atom. The van der Waals surface area contributed by atoms with Gasteiger partial charge in [0.05, 0.1) is 27.9 Å². The lowest BCUT2D eigenvalue weighted by Crippen LogP contribution is -2.35. The molecule has 1 aliphatic rings. The number of ether oxygens (including phenoxy) is 1. The van der Waals surface area contributed by atoms with Crippen LogP contribution in [0.15, 0.2) is 60.8 Å². The summed E-state index contributed by atoms with van der Waals surface area (Å²) in [6.45, 7) is 4.42. The maximum absolute atomic E-state index is 15.2. The van der Waals surface area contributed by atoms with Gasteiger partial charge in [-0.15, -0.1) is 0 Å². The molecular formula is C37H38ClF2N5O3. The predicted octanol–water partition coefficient (Wildman–Crippen LogP) is 7.57. The number of hydrogen-bond acceptors (Lipinski definition) is 5. The van der Waals surface area contributed by atoms with Crippen LogP contribution in [0.4, 0.5) is 14.5 Å². The van der Waals surface area contributed by atoms with E-state index in [0.717, 1.165) is 65.8 Å². The largest absolute Gasteiger partial charge is 0.381 e. The second-order valence-electron chi connectivity index (χ2n) is 12.2. The van der Waals surface area contributed by atoms with Crippen LogP contribution in [0.3, 0.4) is 0 Å². The van der Waals surface area contributed by atoms with E-state index in [4.69, 9.17) is 16.3 Å². The van der Waals surface area contributed by atoms with Crippen molar-refractivity contribution in [3.05, 3.63) is 100 Å². The van der Waals surface area contributed by atoms with Crippen molar-refractivity contribution >= 4 is 45.5 Å². The van der Waals surface area contributed by atoms with Crippen molar-refractivity contribution in [1.29, 1.82) is 0 Å². The molecule has 8 nitrogen and oxygen atoms in total. The van der Waals surface area contributed by atoms with E-state index < -0.39 is 29.0 Å². The van der Waals surface area contributed by atoms with Crippen LogP contribution >= 0.6 is 11.6 Å². The highest BCUT2D eigenvalue weighted by atomic mass is 35.5. The number of anilines is 1. The Balaban J connectivity index is 1.21. The molecule has 6 rings (SSSR count). The Hall–Kier alpha value is -4.38. The molecule has 0 bridgehead atoms. The molecule has 1 aliphatic carbocycles. The molecule has 250 valence electrons. The standard InChI is InChI=1S/C37H38ClF2N5O3/c1-5-22-20-31-36(42-21(2)44(31)3)34(38)33(22)26-8-7-17-45-29(26)14-15-30(45)37(47)23-18-27(39)35(28(40)19-23)43-32(46)9-6-16-41-24-10-12-25(48-4)13-11-24/h6-9,14-15,17-20,24-25,41H,5,10-13,16H2,1-4H3,(H,43,46)/b9-6+. The van der Waals surface area contributed by atoms with Crippen LogP contribution in [0.25, 0.3) is 27.7 Å². The normalized spacial score (nSPS) is 16.7. The second-order valence-corrected chi connectivity index (χ2v) is 12.6. The Bertz CT molecular complexity index is 2040. The van der Waals surface area contributed by atoms with Gasteiger partial charge in [0.25, 0.3) is 0 Å². The summed E-state index contributed by atoms with van der Waals surface area (Å²) >= 11 is 7.00. The highest BCUT2D eigenvalue weighted by Gasteiger charge is 2.23. The van der Waals surface area contributed by atoms with Gasteiger partial charge in [0, 0.05) is 55.7 Å². The first-order valence-corrected chi connectivity index (χ1v) is 16.5. The molecule has 0 saturated heterocycles. The molecule has 3 heterocycles. The number of carbonyl (C=O) groups is 2. The molecule has 3 aromatic heterocycles. The highest BCUT2D eigenvalue weighted by Crippen LogP contribution is 2.40. The van der Waals surface area contributed by atoms with Crippen LogP contribution in [-0.2, 0) is 23.0 Å². The number of aryl methyl sites for hydroxylation is 3. The summed E-state index contributed by atoms with van der Waals surface area (Å²) in [6.07, 6.45) is 9.51. The number of nitrogens with zero attached hydrogens (tertiary/aromatic N) is 3. The fourth-order valence-electron chi connectivity index (χ4n) is 6.60. The molecule has 2 N–H and O–H groups in total. The van der Waals surface area contributed by atoms with Gasteiger partial charge in [-0.05, 0) is 81.0 Å². The zero-order chi connectivity index (χ0) is 34.1. The van der Waals surface area contributed by atoms with Crippen LogP contribution in [0.2, 0.25) is 5.02 Å². The van der Waals surface area contributed by atoms with E-state index in [0.29, 0.717) is 41.2 Å². The lowest BCUT2D eigenvalue weighted by atomic mass is 9.93. The van der Waals surface area contributed by atoms with Crippen LogP contribution in [-0.4, -0.2) is 51.4 Å². The van der Waals surface area contributed by atoms with Gasteiger partial charge in [-0.2, -0.15) is 0 Å². The summed E-state index contributed by atoms with van der Waals surface area (Å²) in [5, 5.41) is 6.15. The van der Waals surface area contributed by atoms with E-state index in [1.807, 2.05) is 24.6 Å².